The van der Waals surface area contributed by atoms with Gasteiger partial charge in [0.15, 0.2) is 0 Å². The molecule has 2 aliphatic rings. The van der Waals surface area contributed by atoms with E-state index in [0.717, 1.165) is 39.4 Å². The molecule has 0 aromatic carbocycles. The first-order valence-corrected chi connectivity index (χ1v) is 4.20. The molecule has 3 N–H and O–H groups in total. The molecule has 11 heavy (non-hydrogen) atoms. The van der Waals surface area contributed by atoms with Gasteiger partial charge in [0.25, 0.3) is 0 Å². The third kappa shape index (κ3) is 1.54. The van der Waals surface area contributed by atoms with Gasteiger partial charge in [-0.2, -0.15) is 0 Å². The highest BCUT2D eigenvalue weighted by atomic mass is 16.5. The molecule has 0 bridgehead atoms. The average Bonchev–Trinajstić information content (AvgIpc) is 2.07. The first kappa shape index (κ1) is 7.49. The number of hydrogen-bond acceptors (Lipinski definition) is 4. The van der Waals surface area contributed by atoms with E-state index >= 15 is 0 Å². The number of rotatable bonds is 0. The topological polar surface area (TPSA) is 45.3 Å². The van der Waals surface area contributed by atoms with Crippen LogP contribution >= 0.6 is 0 Å². The van der Waals surface area contributed by atoms with Crippen LogP contribution in [0.4, 0.5) is 0 Å². The summed E-state index contributed by atoms with van der Waals surface area (Å²) >= 11 is 0. The lowest BCUT2D eigenvalue weighted by atomic mass is 10.0. The molecule has 0 radical (unpaired) electrons. The standard InChI is InChI=1S/C7H15N3O/c1-3-11-4-2-7(1)9-5-8-6-10-7/h8-10H,1-6H2. The summed E-state index contributed by atoms with van der Waals surface area (Å²) < 4.78 is 5.30. The van der Waals surface area contributed by atoms with E-state index in [1.807, 2.05) is 0 Å². The summed E-state index contributed by atoms with van der Waals surface area (Å²) in [7, 11) is 0. The van der Waals surface area contributed by atoms with Crippen LogP contribution in [0.5, 0.6) is 0 Å². The molecular formula is C7H15N3O. The molecule has 2 saturated heterocycles. The van der Waals surface area contributed by atoms with Crippen molar-refractivity contribution in [3.05, 3.63) is 0 Å². The second kappa shape index (κ2) is 3.06. The van der Waals surface area contributed by atoms with Crippen molar-refractivity contribution in [3.8, 4) is 0 Å². The van der Waals surface area contributed by atoms with Gasteiger partial charge in [-0.3, -0.25) is 16.0 Å². The monoisotopic (exact) mass is 157 g/mol. The number of nitrogens with one attached hydrogen (secondary N) is 3. The Hall–Kier alpha value is -0.160. The summed E-state index contributed by atoms with van der Waals surface area (Å²) in [5, 5.41) is 10.1. The molecule has 2 heterocycles. The molecule has 0 aromatic rings. The molecule has 0 aliphatic carbocycles. The van der Waals surface area contributed by atoms with Crippen molar-refractivity contribution in [1.29, 1.82) is 0 Å². The van der Waals surface area contributed by atoms with E-state index in [4.69, 9.17) is 4.74 Å². The lowest BCUT2D eigenvalue weighted by Gasteiger charge is -2.42. The maximum absolute atomic E-state index is 5.30. The first-order valence-electron chi connectivity index (χ1n) is 4.20. The van der Waals surface area contributed by atoms with Gasteiger partial charge in [-0.1, -0.05) is 0 Å². The van der Waals surface area contributed by atoms with Crippen LogP contribution in [0, 0.1) is 0 Å². The van der Waals surface area contributed by atoms with Crippen molar-refractivity contribution in [1.82, 2.24) is 16.0 Å². The summed E-state index contributed by atoms with van der Waals surface area (Å²) in [6.45, 7) is 3.57. The Morgan fingerprint density at radius 2 is 1.64 bits per heavy atom. The highest BCUT2D eigenvalue weighted by Crippen LogP contribution is 2.17. The fourth-order valence-corrected chi connectivity index (χ4v) is 1.66. The van der Waals surface area contributed by atoms with Crippen molar-refractivity contribution in [2.75, 3.05) is 26.6 Å². The van der Waals surface area contributed by atoms with Crippen molar-refractivity contribution in [2.45, 2.75) is 18.5 Å². The van der Waals surface area contributed by atoms with Gasteiger partial charge in [0.05, 0.1) is 5.66 Å². The number of ether oxygens (including phenoxy) is 1. The fraction of sp³-hybridized carbons (Fsp3) is 1.00. The molecule has 4 heteroatoms. The van der Waals surface area contributed by atoms with Crippen molar-refractivity contribution >= 4 is 0 Å². The van der Waals surface area contributed by atoms with Crippen LogP contribution in [-0.2, 0) is 4.74 Å². The summed E-state index contributed by atoms with van der Waals surface area (Å²) in [4.78, 5) is 0. The third-order valence-corrected chi connectivity index (χ3v) is 2.45. The Kier molecular flexibility index (Phi) is 2.09. The molecule has 2 fully saturated rings. The molecule has 0 amide bonds. The van der Waals surface area contributed by atoms with Crippen molar-refractivity contribution in [3.63, 3.8) is 0 Å². The van der Waals surface area contributed by atoms with Gasteiger partial charge < -0.3 is 4.74 Å². The quantitative estimate of drug-likeness (QED) is 0.430. The first-order chi connectivity index (χ1) is 5.41. The Morgan fingerprint density at radius 1 is 1.00 bits per heavy atom. The molecule has 0 saturated carbocycles. The van der Waals surface area contributed by atoms with E-state index in [-0.39, 0.29) is 5.66 Å². The van der Waals surface area contributed by atoms with Crippen LogP contribution in [0.1, 0.15) is 12.8 Å². The van der Waals surface area contributed by atoms with E-state index in [9.17, 15) is 0 Å². The maximum atomic E-state index is 5.30. The Balaban J connectivity index is 1.94. The van der Waals surface area contributed by atoms with Crippen LogP contribution in [-0.4, -0.2) is 32.2 Å². The minimum absolute atomic E-state index is 0.170. The van der Waals surface area contributed by atoms with Gasteiger partial charge in [0.1, 0.15) is 0 Å². The lowest BCUT2D eigenvalue weighted by Crippen LogP contribution is -2.67. The molecule has 0 atom stereocenters. The van der Waals surface area contributed by atoms with E-state index in [0.29, 0.717) is 0 Å². The molecule has 2 aliphatic heterocycles. The minimum atomic E-state index is 0.170. The smallest absolute Gasteiger partial charge is 0.0751 e. The predicted octanol–water partition coefficient (Wildman–Crippen LogP) is -0.809. The molecular weight excluding hydrogens is 142 g/mol. The summed E-state index contributed by atoms with van der Waals surface area (Å²) in [5.74, 6) is 0. The second-order valence-corrected chi connectivity index (χ2v) is 3.15. The molecule has 64 valence electrons. The average molecular weight is 157 g/mol. The summed E-state index contributed by atoms with van der Waals surface area (Å²) in [6, 6.07) is 0. The van der Waals surface area contributed by atoms with Gasteiger partial charge >= 0.3 is 0 Å². The number of hydrogen-bond donors (Lipinski definition) is 3. The minimum Gasteiger partial charge on any atom is -0.381 e. The van der Waals surface area contributed by atoms with Crippen LogP contribution in [0.2, 0.25) is 0 Å². The van der Waals surface area contributed by atoms with Gasteiger partial charge in [-0.15, -0.1) is 0 Å². The molecule has 0 aromatic heterocycles. The highest BCUT2D eigenvalue weighted by molar-refractivity contribution is 4.89. The van der Waals surface area contributed by atoms with Crippen LogP contribution < -0.4 is 16.0 Å². The van der Waals surface area contributed by atoms with Crippen molar-refractivity contribution < 1.29 is 4.74 Å². The third-order valence-electron chi connectivity index (χ3n) is 2.45. The van der Waals surface area contributed by atoms with E-state index in [2.05, 4.69) is 16.0 Å². The molecule has 0 unspecified atom stereocenters. The Labute approximate surface area is 66.7 Å². The van der Waals surface area contributed by atoms with Gasteiger partial charge in [0.2, 0.25) is 0 Å². The molecule has 1 spiro atoms. The summed E-state index contributed by atoms with van der Waals surface area (Å²) in [6.07, 6.45) is 2.16. The highest BCUT2D eigenvalue weighted by Gasteiger charge is 2.32. The lowest BCUT2D eigenvalue weighted by molar-refractivity contribution is 0.0127. The molecule has 4 nitrogen and oxygen atoms in total. The summed E-state index contributed by atoms with van der Waals surface area (Å²) in [5.41, 5.74) is 0.170. The van der Waals surface area contributed by atoms with E-state index in [1.54, 1.807) is 0 Å². The van der Waals surface area contributed by atoms with Crippen molar-refractivity contribution in [2.24, 2.45) is 0 Å². The SMILES string of the molecule is C1NCNC2(CCOCC2)N1. The molecule has 2 rings (SSSR count). The predicted molar refractivity (Wildman–Crippen MR) is 41.9 cm³/mol. The largest absolute Gasteiger partial charge is 0.381 e. The normalized spacial score (nSPS) is 30.5. The van der Waals surface area contributed by atoms with Crippen LogP contribution in [0.15, 0.2) is 0 Å². The van der Waals surface area contributed by atoms with E-state index < -0.39 is 0 Å². The second-order valence-electron chi connectivity index (χ2n) is 3.15. The van der Waals surface area contributed by atoms with Crippen LogP contribution in [0.25, 0.3) is 0 Å². The Morgan fingerprint density at radius 3 is 2.27 bits per heavy atom. The van der Waals surface area contributed by atoms with Gasteiger partial charge in [-0.25, -0.2) is 0 Å². The van der Waals surface area contributed by atoms with Gasteiger partial charge in [0, 0.05) is 39.4 Å². The zero-order chi connectivity index (χ0) is 7.57. The van der Waals surface area contributed by atoms with Crippen LogP contribution in [0.3, 0.4) is 0 Å². The van der Waals surface area contributed by atoms with Gasteiger partial charge in [-0.05, 0) is 0 Å². The zero-order valence-electron chi connectivity index (χ0n) is 6.65. The maximum Gasteiger partial charge on any atom is 0.0751 e. The zero-order valence-corrected chi connectivity index (χ0v) is 6.65. The fourth-order valence-electron chi connectivity index (χ4n) is 1.66. The Bertz CT molecular complexity index is 108. The van der Waals surface area contributed by atoms with E-state index in [1.165, 1.54) is 0 Å².